The van der Waals surface area contributed by atoms with E-state index in [4.69, 9.17) is 0 Å². The summed E-state index contributed by atoms with van der Waals surface area (Å²) in [4.78, 5) is 12.0. The number of carboxylic acid groups (broad SMARTS) is 1. The van der Waals surface area contributed by atoms with E-state index in [2.05, 4.69) is 65.6 Å². The van der Waals surface area contributed by atoms with E-state index in [1.807, 2.05) is 6.92 Å². The third-order valence-corrected chi connectivity index (χ3v) is 18.6. The van der Waals surface area contributed by atoms with Crippen LogP contribution in [0, 0.1) is 56.7 Å². The van der Waals surface area contributed by atoms with Crippen molar-refractivity contribution in [1.29, 1.82) is 0 Å². The quantitative estimate of drug-likeness (QED) is 0.187. The number of hydrogen-bond donors (Lipinski definition) is 4. The van der Waals surface area contributed by atoms with Crippen molar-refractivity contribution in [1.82, 2.24) is 5.32 Å². The number of aliphatic hydroxyl groups is 2. The molecule has 0 saturated heterocycles. The largest absolute Gasteiger partial charge is 0.481 e. The second kappa shape index (κ2) is 12.8. The van der Waals surface area contributed by atoms with Gasteiger partial charge >= 0.3 is 5.97 Å². The molecule has 7 rings (SSSR count). The molecule has 10 atom stereocenters. The standard InChI is InChI=1S/C46H72FNO4/c1-30(2)32-13-20-46(48-28-27-45(52)24-21-40(5,51)22-25-45)26-23-42(7)34(37(32)46)9-10-36-41(6)16-14-33(39(3,4)35(41)15-17-43(36,42)8)31-11-18-44(29-47,19-12-31)38(49)50/h11,14,32,34-37,48,51-52H,1,9-10,12-13,15-29H2,2-8H3,(H,49,50)/t32-,34+,35-,36+,37+,40-,41-,42+,43+,44+,45-,46-/m0/s1. The number of rotatable bonds is 8. The predicted octanol–water partition coefficient (Wildman–Crippen LogP) is 10.1. The number of halogens is 1. The molecule has 0 spiro atoms. The number of carbonyl (C=O) groups is 1. The Morgan fingerprint density at radius 2 is 1.56 bits per heavy atom. The molecule has 52 heavy (non-hydrogen) atoms. The summed E-state index contributed by atoms with van der Waals surface area (Å²) >= 11 is 0. The zero-order valence-corrected chi connectivity index (χ0v) is 33.8. The van der Waals surface area contributed by atoms with E-state index in [0.717, 1.165) is 19.4 Å². The SMILES string of the molecule is C=C(C)[C@@H]1CC[C@]2(NCC[C@]3(O)CC[C@](C)(O)CC3)CC[C@]3(C)[C@H](CC[C@@H]4[C@@]5(C)CC=C(C6=CC[C@@](CF)(C(=O)O)CC6)C(C)(C)[C@@H]5CC[C@]43C)[C@@H]12. The minimum Gasteiger partial charge on any atom is -0.481 e. The van der Waals surface area contributed by atoms with Crippen LogP contribution in [0.1, 0.15) is 158 Å². The van der Waals surface area contributed by atoms with Crippen molar-refractivity contribution in [2.24, 2.45) is 56.7 Å². The van der Waals surface area contributed by atoms with Gasteiger partial charge in [-0.3, -0.25) is 4.79 Å². The monoisotopic (exact) mass is 722 g/mol. The van der Waals surface area contributed by atoms with Gasteiger partial charge in [0.15, 0.2) is 0 Å². The third-order valence-electron chi connectivity index (χ3n) is 18.6. The molecule has 0 heterocycles. The van der Waals surface area contributed by atoms with Gasteiger partial charge in [0, 0.05) is 5.54 Å². The minimum atomic E-state index is -1.26. The van der Waals surface area contributed by atoms with Gasteiger partial charge in [0.05, 0.1) is 16.6 Å². The van der Waals surface area contributed by atoms with Crippen molar-refractivity contribution < 1.29 is 24.5 Å². The van der Waals surface area contributed by atoms with Crippen LogP contribution < -0.4 is 5.32 Å². The third kappa shape index (κ3) is 5.70. The van der Waals surface area contributed by atoms with E-state index in [0.29, 0.717) is 68.1 Å². The van der Waals surface area contributed by atoms with Crippen LogP contribution in [0.25, 0.3) is 0 Å². The van der Waals surface area contributed by atoms with Crippen LogP contribution in [0.5, 0.6) is 0 Å². The minimum absolute atomic E-state index is 0.0167. The Bertz CT molecular complexity index is 1500. The van der Waals surface area contributed by atoms with Gasteiger partial charge in [-0.2, -0.15) is 0 Å². The summed E-state index contributed by atoms with van der Waals surface area (Å²) in [6.45, 7) is 21.8. The average Bonchev–Trinajstić information content (AvgIpc) is 3.46. The number of carboxylic acids is 1. The molecule has 0 aliphatic heterocycles. The van der Waals surface area contributed by atoms with Gasteiger partial charge in [-0.05, 0) is 192 Å². The highest BCUT2D eigenvalue weighted by molar-refractivity contribution is 5.75. The van der Waals surface area contributed by atoms with E-state index in [-0.39, 0.29) is 33.6 Å². The lowest BCUT2D eigenvalue weighted by Gasteiger charge is -2.72. The molecule has 0 aromatic carbocycles. The maximum absolute atomic E-state index is 14.0. The topological polar surface area (TPSA) is 89.8 Å². The van der Waals surface area contributed by atoms with Gasteiger partial charge in [0.25, 0.3) is 0 Å². The summed E-state index contributed by atoms with van der Waals surface area (Å²) in [7, 11) is 0. The second-order valence-corrected chi connectivity index (χ2v) is 21.4. The molecule has 0 amide bonds. The van der Waals surface area contributed by atoms with E-state index < -0.39 is 29.3 Å². The number of fused-ring (bicyclic) bond motifs is 7. The van der Waals surface area contributed by atoms with Gasteiger partial charge in [0.1, 0.15) is 6.67 Å². The van der Waals surface area contributed by atoms with Crippen molar-refractivity contribution >= 4 is 5.97 Å². The molecule has 0 bridgehead atoms. The summed E-state index contributed by atoms with van der Waals surface area (Å²) in [6, 6.07) is 0. The van der Waals surface area contributed by atoms with E-state index in [1.165, 1.54) is 68.1 Å². The maximum Gasteiger partial charge on any atom is 0.312 e. The molecule has 0 aromatic heterocycles. The highest BCUT2D eigenvalue weighted by Gasteiger charge is 2.70. The first-order valence-electron chi connectivity index (χ1n) is 21.3. The van der Waals surface area contributed by atoms with Crippen LogP contribution in [0.15, 0.2) is 35.5 Å². The van der Waals surface area contributed by atoms with Crippen LogP contribution in [0.4, 0.5) is 4.39 Å². The smallest absolute Gasteiger partial charge is 0.312 e. The van der Waals surface area contributed by atoms with Crippen LogP contribution >= 0.6 is 0 Å². The molecule has 292 valence electrons. The molecule has 0 aromatic rings. The van der Waals surface area contributed by atoms with Crippen LogP contribution in [-0.4, -0.2) is 51.2 Å². The Kier molecular flexibility index (Phi) is 9.52. The van der Waals surface area contributed by atoms with Crippen LogP contribution in [0.2, 0.25) is 0 Å². The first kappa shape index (κ1) is 38.8. The fraction of sp³-hybridized carbons (Fsp3) is 0.848. The highest BCUT2D eigenvalue weighted by atomic mass is 19.1. The molecule has 7 aliphatic rings. The second-order valence-electron chi connectivity index (χ2n) is 21.4. The Labute approximate surface area is 314 Å². The zero-order chi connectivity index (χ0) is 37.8. The summed E-state index contributed by atoms with van der Waals surface area (Å²) in [5.74, 6) is 1.96. The van der Waals surface area contributed by atoms with Crippen molar-refractivity contribution in [3.05, 3.63) is 35.5 Å². The Morgan fingerprint density at radius 3 is 2.17 bits per heavy atom. The van der Waals surface area contributed by atoms with E-state index in [1.54, 1.807) is 0 Å². The Hall–Kier alpha value is -1.50. The summed E-state index contributed by atoms with van der Waals surface area (Å²) in [5, 5.41) is 36.0. The first-order valence-corrected chi connectivity index (χ1v) is 21.3. The fourth-order valence-corrected chi connectivity index (χ4v) is 15.2. The van der Waals surface area contributed by atoms with Crippen molar-refractivity contribution in [2.45, 2.75) is 174 Å². The first-order chi connectivity index (χ1) is 24.2. The van der Waals surface area contributed by atoms with Gasteiger partial charge < -0.3 is 20.6 Å². The molecule has 4 N–H and O–H groups in total. The molecular weight excluding hydrogens is 650 g/mol. The highest BCUT2D eigenvalue weighted by Crippen LogP contribution is 2.76. The van der Waals surface area contributed by atoms with Crippen LogP contribution in [-0.2, 0) is 4.79 Å². The van der Waals surface area contributed by atoms with Gasteiger partial charge in [-0.1, -0.05) is 58.9 Å². The lowest BCUT2D eigenvalue weighted by Crippen LogP contribution is -2.68. The summed E-state index contributed by atoms with van der Waals surface area (Å²) in [5.41, 5.74) is 2.23. The lowest BCUT2D eigenvalue weighted by atomic mass is 9.33. The van der Waals surface area contributed by atoms with Crippen LogP contribution in [0.3, 0.4) is 0 Å². The Morgan fingerprint density at radius 1 is 0.846 bits per heavy atom. The molecular formula is C46H72FNO4. The molecule has 6 heteroatoms. The fourth-order valence-electron chi connectivity index (χ4n) is 15.2. The van der Waals surface area contributed by atoms with Gasteiger partial charge in [-0.25, -0.2) is 4.39 Å². The molecule has 5 saturated carbocycles. The number of hydrogen-bond acceptors (Lipinski definition) is 4. The van der Waals surface area contributed by atoms with Crippen molar-refractivity contribution in [2.75, 3.05) is 13.2 Å². The van der Waals surface area contributed by atoms with Gasteiger partial charge in [0.2, 0.25) is 0 Å². The number of nitrogens with one attached hydrogen (secondary N) is 1. The summed E-state index contributed by atoms with van der Waals surface area (Å²) in [6.07, 6.45) is 20.4. The maximum atomic E-state index is 14.0. The molecule has 5 nitrogen and oxygen atoms in total. The molecule has 0 radical (unpaired) electrons. The zero-order valence-electron chi connectivity index (χ0n) is 33.8. The van der Waals surface area contributed by atoms with Crippen molar-refractivity contribution in [3.8, 4) is 0 Å². The number of alkyl halides is 1. The van der Waals surface area contributed by atoms with Gasteiger partial charge in [-0.15, -0.1) is 0 Å². The Balaban J connectivity index is 1.13. The number of aliphatic carboxylic acids is 1. The predicted molar refractivity (Wildman–Crippen MR) is 207 cm³/mol. The normalized spacial score (nSPS) is 49.8. The molecule has 7 aliphatic carbocycles. The number of allylic oxidation sites excluding steroid dienone is 5. The lowest BCUT2D eigenvalue weighted by molar-refractivity contribution is -0.221. The average molecular weight is 722 g/mol. The van der Waals surface area contributed by atoms with E-state index >= 15 is 0 Å². The summed E-state index contributed by atoms with van der Waals surface area (Å²) < 4.78 is 14.0. The van der Waals surface area contributed by atoms with Crippen molar-refractivity contribution in [3.63, 3.8) is 0 Å². The molecule has 5 fully saturated rings. The van der Waals surface area contributed by atoms with E-state index in [9.17, 15) is 24.5 Å². The molecule has 0 unspecified atom stereocenters.